The first-order valence-corrected chi connectivity index (χ1v) is 6.75. The summed E-state index contributed by atoms with van der Waals surface area (Å²) in [5.41, 5.74) is -0.00824. The summed E-state index contributed by atoms with van der Waals surface area (Å²) in [5.74, 6) is -4.17. The lowest BCUT2D eigenvalue weighted by atomic mass is 9.95. The van der Waals surface area contributed by atoms with Crippen molar-refractivity contribution in [2.75, 3.05) is 13.2 Å². The van der Waals surface area contributed by atoms with Crippen LogP contribution in [0.2, 0.25) is 5.02 Å². The molecule has 0 saturated carbocycles. The number of aliphatic hydroxyl groups is 1. The van der Waals surface area contributed by atoms with E-state index in [0.29, 0.717) is 0 Å². The number of ether oxygens (including phenoxy) is 2. The summed E-state index contributed by atoms with van der Waals surface area (Å²) in [6.45, 7) is 3.19. The normalized spacial score (nSPS) is 12.1. The fraction of sp³-hybridized carbons (Fsp3) is 0.429. The van der Waals surface area contributed by atoms with E-state index in [4.69, 9.17) is 21.1 Å². The molecule has 116 valence electrons. The van der Waals surface area contributed by atoms with E-state index in [1.807, 2.05) is 0 Å². The third kappa shape index (κ3) is 4.68. The zero-order valence-electron chi connectivity index (χ0n) is 11.6. The SMILES string of the molecule is CCOC(=O)C(C(=O)OCC)C(O)c1cc(F)cc(Cl)c1. The van der Waals surface area contributed by atoms with Crippen LogP contribution in [0.15, 0.2) is 18.2 Å². The van der Waals surface area contributed by atoms with E-state index in [0.717, 1.165) is 12.1 Å². The molecule has 7 heteroatoms. The van der Waals surface area contributed by atoms with Crippen LogP contribution in [0.5, 0.6) is 0 Å². The maximum Gasteiger partial charge on any atom is 0.323 e. The van der Waals surface area contributed by atoms with E-state index in [1.54, 1.807) is 13.8 Å². The third-order valence-corrected chi connectivity index (χ3v) is 2.84. The van der Waals surface area contributed by atoms with E-state index >= 15 is 0 Å². The molecule has 0 fully saturated rings. The number of rotatable bonds is 6. The van der Waals surface area contributed by atoms with Gasteiger partial charge in [0.25, 0.3) is 0 Å². The molecule has 1 aromatic carbocycles. The number of carbonyl (C=O) groups is 2. The average molecular weight is 319 g/mol. The van der Waals surface area contributed by atoms with Gasteiger partial charge in [0, 0.05) is 5.02 Å². The lowest BCUT2D eigenvalue weighted by molar-refractivity contribution is -0.167. The predicted molar refractivity (Wildman–Crippen MR) is 73.1 cm³/mol. The molecule has 21 heavy (non-hydrogen) atoms. The Labute approximate surface area is 126 Å². The Morgan fingerprint density at radius 2 is 1.71 bits per heavy atom. The fourth-order valence-corrected chi connectivity index (χ4v) is 1.99. The number of hydrogen-bond acceptors (Lipinski definition) is 5. The zero-order chi connectivity index (χ0) is 16.0. The van der Waals surface area contributed by atoms with Gasteiger partial charge in [-0.2, -0.15) is 0 Å². The van der Waals surface area contributed by atoms with Crippen molar-refractivity contribution in [3.8, 4) is 0 Å². The van der Waals surface area contributed by atoms with E-state index in [-0.39, 0.29) is 23.8 Å². The van der Waals surface area contributed by atoms with Crippen molar-refractivity contribution >= 4 is 23.5 Å². The van der Waals surface area contributed by atoms with Gasteiger partial charge in [0.1, 0.15) is 11.9 Å². The quantitative estimate of drug-likeness (QED) is 0.643. The molecule has 5 nitrogen and oxygen atoms in total. The molecule has 1 aromatic rings. The summed E-state index contributed by atoms with van der Waals surface area (Å²) in [7, 11) is 0. The summed E-state index contributed by atoms with van der Waals surface area (Å²) in [6, 6.07) is 3.30. The Balaban J connectivity index is 3.11. The van der Waals surface area contributed by atoms with Crippen molar-refractivity contribution in [1.82, 2.24) is 0 Å². The largest absolute Gasteiger partial charge is 0.465 e. The van der Waals surface area contributed by atoms with Crippen LogP contribution in [0.1, 0.15) is 25.5 Å². The standard InChI is InChI=1S/C14H16ClFO5/c1-3-20-13(18)11(14(19)21-4-2)12(17)8-5-9(15)7-10(16)6-8/h5-7,11-12,17H,3-4H2,1-2H3. The van der Waals surface area contributed by atoms with E-state index in [9.17, 15) is 19.1 Å². The van der Waals surface area contributed by atoms with Crippen LogP contribution in [0.4, 0.5) is 4.39 Å². The highest BCUT2D eigenvalue weighted by molar-refractivity contribution is 6.30. The molecule has 1 atom stereocenters. The van der Waals surface area contributed by atoms with Crippen molar-refractivity contribution in [1.29, 1.82) is 0 Å². The number of hydrogen-bond donors (Lipinski definition) is 1. The summed E-state index contributed by atoms with van der Waals surface area (Å²) in [6.07, 6.45) is -1.61. The molecule has 0 aromatic heterocycles. The molecule has 1 N–H and O–H groups in total. The van der Waals surface area contributed by atoms with Gasteiger partial charge in [-0.05, 0) is 37.6 Å². The van der Waals surface area contributed by atoms with Crippen molar-refractivity contribution in [2.45, 2.75) is 20.0 Å². The molecule has 0 aliphatic heterocycles. The monoisotopic (exact) mass is 318 g/mol. The molecule has 0 spiro atoms. The fourth-order valence-electron chi connectivity index (χ4n) is 1.76. The Morgan fingerprint density at radius 3 is 2.14 bits per heavy atom. The number of aliphatic hydroxyl groups excluding tert-OH is 1. The second-order valence-electron chi connectivity index (χ2n) is 4.13. The van der Waals surface area contributed by atoms with Gasteiger partial charge >= 0.3 is 11.9 Å². The molecule has 1 unspecified atom stereocenters. The van der Waals surface area contributed by atoms with E-state index in [1.165, 1.54) is 6.07 Å². The zero-order valence-corrected chi connectivity index (χ0v) is 12.4. The minimum absolute atomic E-state index is 0.00824. The number of esters is 2. The molecule has 1 rings (SSSR count). The van der Waals surface area contributed by atoms with Crippen molar-refractivity contribution in [2.24, 2.45) is 5.92 Å². The first-order valence-electron chi connectivity index (χ1n) is 6.38. The maximum absolute atomic E-state index is 13.3. The van der Waals surface area contributed by atoms with Gasteiger partial charge in [0.2, 0.25) is 0 Å². The van der Waals surface area contributed by atoms with E-state index in [2.05, 4.69) is 0 Å². The highest BCUT2D eigenvalue weighted by atomic mass is 35.5. The summed E-state index contributed by atoms with van der Waals surface area (Å²) in [4.78, 5) is 23.7. The van der Waals surface area contributed by atoms with Gasteiger partial charge in [-0.15, -0.1) is 0 Å². The van der Waals surface area contributed by atoms with Gasteiger partial charge in [-0.3, -0.25) is 9.59 Å². The molecular weight excluding hydrogens is 303 g/mol. The lowest BCUT2D eigenvalue weighted by Crippen LogP contribution is -2.33. The third-order valence-electron chi connectivity index (χ3n) is 2.62. The first kappa shape index (κ1) is 17.4. The van der Waals surface area contributed by atoms with Crippen molar-refractivity contribution < 1.29 is 28.6 Å². The van der Waals surface area contributed by atoms with Crippen LogP contribution in [-0.4, -0.2) is 30.3 Å². The Bertz CT molecular complexity index is 482. The topological polar surface area (TPSA) is 72.8 Å². The smallest absolute Gasteiger partial charge is 0.323 e. The van der Waals surface area contributed by atoms with Crippen molar-refractivity contribution in [3.63, 3.8) is 0 Å². The molecule has 0 amide bonds. The second kappa shape index (κ2) is 7.95. The summed E-state index contributed by atoms with van der Waals surface area (Å²) < 4.78 is 22.8. The van der Waals surface area contributed by atoms with Gasteiger partial charge < -0.3 is 14.6 Å². The molecule has 0 aliphatic carbocycles. The minimum Gasteiger partial charge on any atom is -0.465 e. The predicted octanol–water partition coefficient (Wildman–Crippen LogP) is 2.25. The molecular formula is C14H16ClFO5. The van der Waals surface area contributed by atoms with E-state index < -0.39 is 29.8 Å². The van der Waals surface area contributed by atoms with Gasteiger partial charge in [-0.25, -0.2) is 4.39 Å². The van der Waals surface area contributed by atoms with Crippen LogP contribution in [0.25, 0.3) is 0 Å². The summed E-state index contributed by atoms with van der Waals surface area (Å²) >= 11 is 5.70. The molecule has 0 aliphatic rings. The van der Waals surface area contributed by atoms with Crippen LogP contribution in [0, 0.1) is 11.7 Å². The number of halogens is 2. The Kier molecular flexibility index (Phi) is 6.58. The van der Waals surface area contributed by atoms with Gasteiger partial charge in [0.05, 0.1) is 13.2 Å². The van der Waals surface area contributed by atoms with Crippen LogP contribution < -0.4 is 0 Å². The maximum atomic E-state index is 13.3. The second-order valence-corrected chi connectivity index (χ2v) is 4.57. The lowest BCUT2D eigenvalue weighted by Gasteiger charge is -2.20. The highest BCUT2D eigenvalue weighted by Crippen LogP contribution is 2.27. The highest BCUT2D eigenvalue weighted by Gasteiger charge is 2.37. The van der Waals surface area contributed by atoms with Crippen LogP contribution in [0.3, 0.4) is 0 Å². The van der Waals surface area contributed by atoms with Crippen molar-refractivity contribution in [3.05, 3.63) is 34.6 Å². The molecule has 0 bridgehead atoms. The molecule has 0 saturated heterocycles. The molecule has 0 heterocycles. The Hall–Kier alpha value is -1.66. The average Bonchev–Trinajstić information content (AvgIpc) is 2.38. The van der Waals surface area contributed by atoms with Gasteiger partial charge in [0.15, 0.2) is 5.92 Å². The van der Waals surface area contributed by atoms with Crippen LogP contribution in [-0.2, 0) is 19.1 Å². The van der Waals surface area contributed by atoms with Crippen LogP contribution >= 0.6 is 11.6 Å². The summed E-state index contributed by atoms with van der Waals surface area (Å²) in [5, 5.41) is 10.2. The number of benzene rings is 1. The Morgan fingerprint density at radius 1 is 1.19 bits per heavy atom. The van der Waals surface area contributed by atoms with Gasteiger partial charge in [-0.1, -0.05) is 11.6 Å². The number of carbonyl (C=O) groups excluding carboxylic acids is 2. The minimum atomic E-state index is -1.61. The molecule has 0 radical (unpaired) electrons. The first-order chi connectivity index (χ1) is 9.90.